The molecule has 0 fully saturated rings. The molecule has 0 bridgehead atoms. The molecule has 1 heterocycles. The summed E-state index contributed by atoms with van der Waals surface area (Å²) in [6.07, 6.45) is 1.45. The minimum atomic E-state index is -0.297. The summed E-state index contributed by atoms with van der Waals surface area (Å²) in [6.45, 7) is 1.84. The van der Waals surface area contributed by atoms with Crippen LogP contribution in [0.2, 0.25) is 0 Å². The van der Waals surface area contributed by atoms with Crippen molar-refractivity contribution in [1.82, 2.24) is 5.43 Å². The Bertz CT molecular complexity index is 570. The Morgan fingerprint density at radius 2 is 2.00 bits per heavy atom. The summed E-state index contributed by atoms with van der Waals surface area (Å²) in [6, 6.07) is 10.2. The third-order valence-corrected chi connectivity index (χ3v) is 2.29. The molecule has 1 aromatic heterocycles. The Labute approximate surface area is 104 Å². The van der Waals surface area contributed by atoms with E-state index in [1.54, 1.807) is 30.3 Å². The molecule has 0 spiro atoms. The van der Waals surface area contributed by atoms with Gasteiger partial charge in [0.1, 0.15) is 11.5 Å². The van der Waals surface area contributed by atoms with Crippen LogP contribution in [0.15, 0.2) is 45.9 Å². The molecule has 0 radical (unpaired) electrons. The van der Waals surface area contributed by atoms with Crippen LogP contribution in [0.3, 0.4) is 0 Å². The number of nitrogens with zero attached hydrogens (tertiary/aromatic N) is 1. The smallest absolute Gasteiger partial charge is 0.271 e. The largest absolute Gasteiger partial charge is 0.460 e. The van der Waals surface area contributed by atoms with Gasteiger partial charge in [-0.05, 0) is 43.3 Å². The van der Waals surface area contributed by atoms with Crippen LogP contribution in [0, 0.1) is 6.92 Å². The molecule has 0 aliphatic rings. The zero-order valence-electron chi connectivity index (χ0n) is 9.88. The van der Waals surface area contributed by atoms with Crippen LogP contribution >= 0.6 is 0 Å². The molecule has 2 rings (SSSR count). The fourth-order valence-electron chi connectivity index (χ4n) is 1.38. The van der Waals surface area contributed by atoms with E-state index in [9.17, 15) is 4.79 Å². The lowest BCUT2D eigenvalue weighted by Gasteiger charge is -1.99. The summed E-state index contributed by atoms with van der Waals surface area (Å²) in [5, 5.41) is 3.80. The fraction of sp³-hybridized carbons (Fsp3) is 0.0769. The number of nitrogens with two attached hydrogens (primary N) is 1. The first kappa shape index (κ1) is 11.9. The molecule has 3 N–H and O–H groups in total. The Morgan fingerprint density at radius 1 is 1.28 bits per heavy atom. The van der Waals surface area contributed by atoms with E-state index in [-0.39, 0.29) is 5.91 Å². The van der Waals surface area contributed by atoms with E-state index in [1.165, 1.54) is 6.21 Å². The first-order valence-corrected chi connectivity index (χ1v) is 5.40. The van der Waals surface area contributed by atoms with Crippen molar-refractivity contribution >= 4 is 17.8 Å². The van der Waals surface area contributed by atoms with Crippen molar-refractivity contribution in [3.05, 3.63) is 53.5 Å². The number of anilines is 1. The van der Waals surface area contributed by atoms with E-state index >= 15 is 0 Å². The van der Waals surface area contributed by atoms with Crippen molar-refractivity contribution in [1.29, 1.82) is 0 Å². The van der Waals surface area contributed by atoms with Crippen LogP contribution in [0.25, 0.3) is 0 Å². The number of benzene rings is 1. The van der Waals surface area contributed by atoms with Crippen LogP contribution < -0.4 is 11.2 Å². The van der Waals surface area contributed by atoms with Gasteiger partial charge in [-0.2, -0.15) is 5.10 Å². The quantitative estimate of drug-likeness (QED) is 0.491. The maximum Gasteiger partial charge on any atom is 0.271 e. The van der Waals surface area contributed by atoms with Crippen molar-refractivity contribution < 1.29 is 9.21 Å². The van der Waals surface area contributed by atoms with Gasteiger partial charge in [-0.15, -0.1) is 0 Å². The number of carbonyl (C=O) groups excluding carboxylic acids is 1. The highest BCUT2D eigenvalue weighted by molar-refractivity contribution is 5.94. The molecule has 1 aromatic carbocycles. The third kappa shape index (κ3) is 2.98. The second kappa shape index (κ2) is 5.18. The molecule has 18 heavy (non-hydrogen) atoms. The number of nitrogen functional groups attached to an aromatic ring is 1. The van der Waals surface area contributed by atoms with Gasteiger partial charge >= 0.3 is 0 Å². The Hall–Kier alpha value is -2.56. The molecule has 0 saturated carbocycles. The normalized spacial score (nSPS) is 10.7. The molecule has 2 aromatic rings. The van der Waals surface area contributed by atoms with Gasteiger partial charge < -0.3 is 10.2 Å². The number of rotatable bonds is 3. The molecular formula is C13H13N3O2. The van der Waals surface area contributed by atoms with E-state index < -0.39 is 0 Å². The maximum atomic E-state index is 11.7. The number of hydrogen-bond acceptors (Lipinski definition) is 4. The van der Waals surface area contributed by atoms with Gasteiger partial charge in [-0.1, -0.05) is 0 Å². The fourth-order valence-corrected chi connectivity index (χ4v) is 1.38. The van der Waals surface area contributed by atoms with Gasteiger partial charge in [0.2, 0.25) is 0 Å². The van der Waals surface area contributed by atoms with Gasteiger partial charge in [-0.25, -0.2) is 5.43 Å². The molecule has 0 aliphatic carbocycles. The van der Waals surface area contributed by atoms with Crippen LogP contribution in [0.4, 0.5) is 5.69 Å². The van der Waals surface area contributed by atoms with E-state index in [0.29, 0.717) is 17.0 Å². The topological polar surface area (TPSA) is 80.6 Å². The van der Waals surface area contributed by atoms with Gasteiger partial charge in [0, 0.05) is 11.3 Å². The summed E-state index contributed by atoms with van der Waals surface area (Å²) in [7, 11) is 0. The van der Waals surface area contributed by atoms with Crippen LogP contribution in [0.5, 0.6) is 0 Å². The van der Waals surface area contributed by atoms with Crippen molar-refractivity contribution in [3.8, 4) is 0 Å². The molecule has 1 amide bonds. The summed E-state index contributed by atoms with van der Waals surface area (Å²) in [4.78, 5) is 11.7. The molecule has 0 aliphatic heterocycles. The second-order valence-electron chi connectivity index (χ2n) is 3.77. The number of nitrogens with one attached hydrogen (secondary N) is 1. The molecule has 0 atom stereocenters. The molecular weight excluding hydrogens is 230 g/mol. The SMILES string of the molecule is Cc1ccc(/C=N\NC(=O)c2ccc(N)cc2)o1. The van der Waals surface area contributed by atoms with Crippen molar-refractivity contribution in [2.75, 3.05) is 5.73 Å². The average Bonchev–Trinajstić information content (AvgIpc) is 2.76. The average molecular weight is 243 g/mol. The Balaban J connectivity index is 1.96. The van der Waals surface area contributed by atoms with Crippen LogP contribution in [-0.2, 0) is 0 Å². The zero-order valence-corrected chi connectivity index (χ0v) is 9.88. The summed E-state index contributed by atoms with van der Waals surface area (Å²) in [5.74, 6) is 1.08. The molecule has 0 unspecified atom stereocenters. The lowest BCUT2D eigenvalue weighted by atomic mass is 10.2. The minimum Gasteiger partial charge on any atom is -0.460 e. The molecule has 92 valence electrons. The summed E-state index contributed by atoms with van der Waals surface area (Å²) >= 11 is 0. The molecule has 5 nitrogen and oxygen atoms in total. The number of amides is 1. The number of furan rings is 1. The highest BCUT2D eigenvalue weighted by Crippen LogP contribution is 2.05. The predicted octanol–water partition coefficient (Wildman–Crippen LogP) is 1.93. The van der Waals surface area contributed by atoms with E-state index in [4.69, 9.17) is 10.2 Å². The number of hydrazone groups is 1. The lowest BCUT2D eigenvalue weighted by Crippen LogP contribution is -2.17. The Kier molecular flexibility index (Phi) is 3.43. The zero-order chi connectivity index (χ0) is 13.0. The highest BCUT2D eigenvalue weighted by atomic mass is 16.3. The van der Waals surface area contributed by atoms with Gasteiger partial charge in [-0.3, -0.25) is 4.79 Å². The minimum absolute atomic E-state index is 0.297. The summed E-state index contributed by atoms with van der Waals surface area (Å²) in [5.41, 5.74) is 9.05. The van der Waals surface area contributed by atoms with Gasteiger partial charge in [0.15, 0.2) is 0 Å². The predicted molar refractivity (Wildman–Crippen MR) is 69.4 cm³/mol. The lowest BCUT2D eigenvalue weighted by molar-refractivity contribution is 0.0955. The molecule has 0 saturated heterocycles. The number of aryl methyl sites for hydroxylation is 1. The third-order valence-electron chi connectivity index (χ3n) is 2.29. The van der Waals surface area contributed by atoms with Crippen LogP contribution in [0.1, 0.15) is 21.9 Å². The summed E-state index contributed by atoms with van der Waals surface area (Å²) < 4.78 is 5.27. The van der Waals surface area contributed by atoms with Gasteiger partial charge in [0.05, 0.1) is 6.21 Å². The van der Waals surface area contributed by atoms with Crippen LogP contribution in [-0.4, -0.2) is 12.1 Å². The monoisotopic (exact) mass is 243 g/mol. The van der Waals surface area contributed by atoms with Crippen molar-refractivity contribution in [3.63, 3.8) is 0 Å². The van der Waals surface area contributed by atoms with E-state index in [0.717, 1.165) is 5.76 Å². The first-order chi connectivity index (χ1) is 8.65. The first-order valence-electron chi connectivity index (χ1n) is 5.40. The van der Waals surface area contributed by atoms with Gasteiger partial charge in [0.25, 0.3) is 5.91 Å². The Morgan fingerprint density at radius 3 is 2.61 bits per heavy atom. The van der Waals surface area contributed by atoms with Crippen molar-refractivity contribution in [2.24, 2.45) is 5.10 Å². The number of hydrogen-bond donors (Lipinski definition) is 2. The highest BCUT2D eigenvalue weighted by Gasteiger charge is 2.02. The standard InChI is InChI=1S/C13H13N3O2/c1-9-2-7-12(18-9)8-15-16-13(17)10-3-5-11(14)6-4-10/h2-8H,14H2,1H3,(H,16,17)/b15-8-. The van der Waals surface area contributed by atoms with Crippen molar-refractivity contribution in [2.45, 2.75) is 6.92 Å². The van der Waals surface area contributed by atoms with E-state index in [1.807, 2.05) is 13.0 Å². The molecule has 5 heteroatoms. The maximum absolute atomic E-state index is 11.7. The van der Waals surface area contributed by atoms with E-state index in [2.05, 4.69) is 10.5 Å². The second-order valence-corrected chi connectivity index (χ2v) is 3.77. The number of carbonyl (C=O) groups is 1.